The van der Waals surface area contributed by atoms with Crippen molar-refractivity contribution in [3.8, 4) is 0 Å². The molecule has 0 aromatic carbocycles. The number of nitrogens with zero attached hydrogens (tertiary/aromatic N) is 1. The van der Waals surface area contributed by atoms with Crippen molar-refractivity contribution in [2.75, 3.05) is 7.05 Å². The molecule has 0 rings (SSSR count). The molecule has 2 heteroatoms. The van der Waals surface area contributed by atoms with Crippen molar-refractivity contribution >= 4 is 12.8 Å². The van der Waals surface area contributed by atoms with E-state index >= 15 is 0 Å². The van der Waals surface area contributed by atoms with E-state index in [0.29, 0.717) is 0 Å². The van der Waals surface area contributed by atoms with Gasteiger partial charge in [-0.15, -0.1) is 0 Å². The summed E-state index contributed by atoms with van der Waals surface area (Å²) in [6.45, 7) is 4.27. The molecule has 54 valence electrons. The van der Waals surface area contributed by atoms with Crippen LogP contribution in [0, 0.1) is 0 Å². The van der Waals surface area contributed by atoms with Gasteiger partial charge in [0.15, 0.2) is 0 Å². The van der Waals surface area contributed by atoms with Gasteiger partial charge in [0.1, 0.15) is 0 Å². The lowest BCUT2D eigenvalue weighted by Crippen LogP contribution is -2.02. The lowest BCUT2D eigenvalue weighted by molar-refractivity contribution is 0.669. The predicted octanol–water partition coefficient (Wildman–Crippen LogP) is 2.47. The summed E-state index contributed by atoms with van der Waals surface area (Å²) in [5.41, 5.74) is 1.29. The standard InChI is InChI=1S/C7H15NS/c1-4-6-7(5-2)8(3)9/h6,9H,4-5H2,1-3H3/b7-6+. The molecule has 0 aliphatic heterocycles. The van der Waals surface area contributed by atoms with E-state index in [4.69, 9.17) is 0 Å². The highest BCUT2D eigenvalue weighted by atomic mass is 32.1. The minimum Gasteiger partial charge on any atom is -0.326 e. The molecule has 0 aliphatic rings. The first-order chi connectivity index (χ1) is 4.22. The molecule has 0 N–H and O–H groups in total. The van der Waals surface area contributed by atoms with Crippen molar-refractivity contribution in [1.82, 2.24) is 4.31 Å². The summed E-state index contributed by atoms with van der Waals surface area (Å²) < 4.78 is 1.86. The number of hydrogen-bond donors (Lipinski definition) is 1. The number of thiol groups is 1. The van der Waals surface area contributed by atoms with E-state index in [1.807, 2.05) is 11.4 Å². The fourth-order valence-electron chi connectivity index (χ4n) is 0.741. The Morgan fingerprint density at radius 1 is 1.56 bits per heavy atom. The second-order valence-electron chi connectivity index (χ2n) is 1.98. The van der Waals surface area contributed by atoms with Crippen molar-refractivity contribution in [2.45, 2.75) is 26.7 Å². The maximum atomic E-state index is 4.17. The Labute approximate surface area is 63.3 Å². The summed E-state index contributed by atoms with van der Waals surface area (Å²) in [5, 5.41) is 0. The topological polar surface area (TPSA) is 3.24 Å². The zero-order valence-corrected chi connectivity index (χ0v) is 7.28. The van der Waals surface area contributed by atoms with Crippen LogP contribution in [-0.4, -0.2) is 11.4 Å². The van der Waals surface area contributed by atoms with Crippen LogP contribution in [0.15, 0.2) is 11.8 Å². The van der Waals surface area contributed by atoms with Gasteiger partial charge in [-0.2, -0.15) is 0 Å². The molecule has 0 aromatic heterocycles. The van der Waals surface area contributed by atoms with E-state index in [1.165, 1.54) is 5.70 Å². The summed E-state index contributed by atoms with van der Waals surface area (Å²) in [7, 11) is 1.95. The van der Waals surface area contributed by atoms with Gasteiger partial charge in [-0.1, -0.05) is 32.7 Å². The molecule has 0 saturated carbocycles. The number of rotatable bonds is 3. The SMILES string of the molecule is CC/C=C(\CC)N(C)S. The van der Waals surface area contributed by atoms with Crippen LogP contribution >= 0.6 is 12.8 Å². The summed E-state index contributed by atoms with van der Waals surface area (Å²) >= 11 is 4.17. The van der Waals surface area contributed by atoms with Gasteiger partial charge in [0, 0.05) is 12.7 Å². The number of hydrogen-bond acceptors (Lipinski definition) is 2. The normalized spacial score (nSPS) is 11.8. The first-order valence-corrected chi connectivity index (χ1v) is 3.74. The highest BCUT2D eigenvalue weighted by Crippen LogP contribution is 2.08. The molecular formula is C7H15NS. The first-order valence-electron chi connectivity index (χ1n) is 3.34. The van der Waals surface area contributed by atoms with E-state index < -0.39 is 0 Å². The second-order valence-corrected chi connectivity index (χ2v) is 2.58. The third-order valence-corrected chi connectivity index (χ3v) is 1.47. The fraction of sp³-hybridized carbons (Fsp3) is 0.714. The lowest BCUT2D eigenvalue weighted by Gasteiger charge is -2.12. The van der Waals surface area contributed by atoms with Crippen LogP contribution in [0.5, 0.6) is 0 Å². The zero-order chi connectivity index (χ0) is 7.28. The van der Waals surface area contributed by atoms with Gasteiger partial charge in [-0.05, 0) is 12.8 Å². The minimum atomic E-state index is 1.06. The van der Waals surface area contributed by atoms with Crippen LogP contribution in [0.1, 0.15) is 26.7 Å². The van der Waals surface area contributed by atoms with Crippen molar-refractivity contribution < 1.29 is 0 Å². The van der Waals surface area contributed by atoms with E-state index in [2.05, 4.69) is 32.7 Å². The second kappa shape index (κ2) is 4.74. The molecule has 1 nitrogen and oxygen atoms in total. The Balaban J connectivity index is 3.81. The summed E-state index contributed by atoms with van der Waals surface area (Å²) in [5.74, 6) is 0. The molecule has 0 saturated heterocycles. The first kappa shape index (κ1) is 8.89. The quantitative estimate of drug-likeness (QED) is 0.597. The molecule has 0 aliphatic carbocycles. The maximum Gasteiger partial charge on any atom is 0.0193 e. The third-order valence-electron chi connectivity index (χ3n) is 1.22. The van der Waals surface area contributed by atoms with Crippen molar-refractivity contribution in [3.05, 3.63) is 11.8 Å². The smallest absolute Gasteiger partial charge is 0.0193 e. The Morgan fingerprint density at radius 2 is 2.11 bits per heavy atom. The van der Waals surface area contributed by atoms with Gasteiger partial charge < -0.3 is 4.31 Å². The molecule has 0 unspecified atom stereocenters. The van der Waals surface area contributed by atoms with E-state index in [-0.39, 0.29) is 0 Å². The third kappa shape index (κ3) is 3.46. The lowest BCUT2D eigenvalue weighted by atomic mass is 10.3. The highest BCUT2D eigenvalue weighted by Gasteiger charge is 1.93. The molecule has 0 heterocycles. The van der Waals surface area contributed by atoms with Gasteiger partial charge in [0.2, 0.25) is 0 Å². The Hall–Kier alpha value is -0.110. The Morgan fingerprint density at radius 3 is 2.22 bits per heavy atom. The molecule has 9 heavy (non-hydrogen) atoms. The molecule has 0 spiro atoms. The molecule has 0 atom stereocenters. The summed E-state index contributed by atoms with van der Waals surface area (Å²) in [6, 6.07) is 0. The summed E-state index contributed by atoms with van der Waals surface area (Å²) in [6.07, 6.45) is 4.34. The van der Waals surface area contributed by atoms with Crippen molar-refractivity contribution in [2.24, 2.45) is 0 Å². The largest absolute Gasteiger partial charge is 0.326 e. The maximum absolute atomic E-state index is 4.17. The van der Waals surface area contributed by atoms with Crippen LogP contribution in [-0.2, 0) is 0 Å². The van der Waals surface area contributed by atoms with Gasteiger partial charge >= 0.3 is 0 Å². The van der Waals surface area contributed by atoms with Crippen LogP contribution in [0.25, 0.3) is 0 Å². The highest BCUT2D eigenvalue weighted by molar-refractivity contribution is 7.77. The predicted molar refractivity (Wildman–Crippen MR) is 45.4 cm³/mol. The van der Waals surface area contributed by atoms with Crippen molar-refractivity contribution in [3.63, 3.8) is 0 Å². The van der Waals surface area contributed by atoms with Crippen molar-refractivity contribution in [1.29, 1.82) is 0 Å². The molecule has 0 bridgehead atoms. The average molecular weight is 145 g/mol. The van der Waals surface area contributed by atoms with Crippen LogP contribution in [0.4, 0.5) is 0 Å². The zero-order valence-electron chi connectivity index (χ0n) is 6.39. The molecule has 0 amide bonds. The van der Waals surface area contributed by atoms with Gasteiger partial charge in [0.05, 0.1) is 0 Å². The monoisotopic (exact) mass is 145 g/mol. The van der Waals surface area contributed by atoms with E-state index in [9.17, 15) is 0 Å². The fourth-order valence-corrected chi connectivity index (χ4v) is 0.964. The van der Waals surface area contributed by atoms with Gasteiger partial charge in [0.25, 0.3) is 0 Å². The Kier molecular flexibility index (Phi) is 4.68. The molecule has 0 radical (unpaired) electrons. The van der Waals surface area contributed by atoms with Gasteiger partial charge in [-0.3, -0.25) is 0 Å². The van der Waals surface area contributed by atoms with Crippen LogP contribution in [0.2, 0.25) is 0 Å². The average Bonchev–Trinajstić information content (AvgIpc) is 1.82. The summed E-state index contributed by atoms with van der Waals surface area (Å²) in [4.78, 5) is 0. The molecular weight excluding hydrogens is 130 g/mol. The van der Waals surface area contributed by atoms with Gasteiger partial charge in [-0.25, -0.2) is 0 Å². The van der Waals surface area contributed by atoms with E-state index in [1.54, 1.807) is 0 Å². The molecule has 0 fully saturated rings. The number of allylic oxidation sites excluding steroid dienone is 2. The minimum absolute atomic E-state index is 1.06. The Bertz CT molecular complexity index is 97.1. The van der Waals surface area contributed by atoms with Crippen LogP contribution < -0.4 is 0 Å². The van der Waals surface area contributed by atoms with E-state index in [0.717, 1.165) is 12.8 Å². The van der Waals surface area contributed by atoms with Crippen LogP contribution in [0.3, 0.4) is 0 Å². The molecule has 0 aromatic rings.